The van der Waals surface area contributed by atoms with E-state index in [0.717, 1.165) is 43.5 Å². The third-order valence-corrected chi connectivity index (χ3v) is 6.46. The van der Waals surface area contributed by atoms with E-state index in [2.05, 4.69) is 5.32 Å². The molecule has 27 heavy (non-hydrogen) atoms. The van der Waals surface area contributed by atoms with Gasteiger partial charge in [-0.2, -0.15) is 4.31 Å². The normalized spacial score (nSPS) is 15.5. The van der Waals surface area contributed by atoms with Crippen molar-refractivity contribution in [2.24, 2.45) is 0 Å². The fraction of sp³-hybridized carbons (Fsp3) is 0.316. The Hall–Kier alpha value is -2.32. The van der Waals surface area contributed by atoms with E-state index in [9.17, 15) is 22.0 Å². The molecule has 1 N–H and O–H groups in total. The first-order chi connectivity index (χ1) is 12.8. The van der Waals surface area contributed by atoms with Crippen molar-refractivity contribution in [2.45, 2.75) is 31.1 Å². The summed E-state index contributed by atoms with van der Waals surface area (Å²) in [5.41, 5.74) is 0.162. The Morgan fingerprint density at radius 1 is 1.00 bits per heavy atom. The van der Waals surface area contributed by atoms with Crippen molar-refractivity contribution < 1.29 is 22.0 Å². The minimum Gasteiger partial charge on any atom is -0.322 e. The molecule has 3 rings (SSSR count). The second-order valence-electron chi connectivity index (χ2n) is 6.52. The molecular weight excluding hydrogens is 374 g/mol. The Morgan fingerprint density at radius 3 is 2.37 bits per heavy atom. The number of piperidine rings is 1. The van der Waals surface area contributed by atoms with Crippen LogP contribution < -0.4 is 5.32 Å². The monoisotopic (exact) mass is 394 g/mol. The number of nitrogens with zero attached hydrogens (tertiary/aromatic N) is 1. The molecule has 2 aromatic carbocycles. The number of amides is 1. The van der Waals surface area contributed by atoms with Crippen LogP contribution in [0, 0.1) is 18.6 Å². The third-order valence-electron chi connectivity index (χ3n) is 4.56. The van der Waals surface area contributed by atoms with Gasteiger partial charge < -0.3 is 5.32 Å². The minimum absolute atomic E-state index is 0.133. The summed E-state index contributed by atoms with van der Waals surface area (Å²) in [6.45, 7) is 2.39. The maximum atomic E-state index is 14.2. The fourth-order valence-corrected chi connectivity index (χ4v) is 4.51. The lowest BCUT2D eigenvalue weighted by Crippen LogP contribution is -2.35. The summed E-state index contributed by atoms with van der Waals surface area (Å²) in [6.07, 6.45) is 2.51. The first kappa shape index (κ1) is 19.4. The van der Waals surface area contributed by atoms with Gasteiger partial charge in [-0.05, 0) is 55.7 Å². The maximum absolute atomic E-state index is 14.2. The van der Waals surface area contributed by atoms with Gasteiger partial charge >= 0.3 is 0 Å². The van der Waals surface area contributed by atoms with Gasteiger partial charge in [0.1, 0.15) is 11.6 Å². The number of hydrogen-bond donors (Lipinski definition) is 1. The van der Waals surface area contributed by atoms with Crippen LogP contribution in [0.1, 0.15) is 35.2 Å². The maximum Gasteiger partial charge on any atom is 0.258 e. The number of halogens is 2. The first-order valence-electron chi connectivity index (χ1n) is 8.66. The molecule has 5 nitrogen and oxygen atoms in total. The lowest BCUT2D eigenvalue weighted by atomic mass is 10.1. The molecule has 0 atom stereocenters. The van der Waals surface area contributed by atoms with Crippen molar-refractivity contribution in [3.8, 4) is 0 Å². The molecule has 0 radical (unpaired) electrons. The smallest absolute Gasteiger partial charge is 0.258 e. The average molecular weight is 394 g/mol. The zero-order valence-corrected chi connectivity index (χ0v) is 15.7. The highest BCUT2D eigenvalue weighted by Gasteiger charge is 2.27. The predicted octanol–water partition coefficient (Wildman–Crippen LogP) is 3.70. The van der Waals surface area contributed by atoms with Crippen molar-refractivity contribution in [1.82, 2.24) is 4.31 Å². The standard InChI is InChI=1S/C19H20F2N2O3S/c1-13-5-6-14(11-18(13)21)22-19(24)16-12-15(7-8-17(16)20)27(25,26)23-9-3-2-4-10-23/h5-8,11-12H,2-4,9-10H2,1H3,(H,22,24). The van der Waals surface area contributed by atoms with Gasteiger partial charge in [-0.3, -0.25) is 4.79 Å². The van der Waals surface area contributed by atoms with Gasteiger partial charge in [-0.15, -0.1) is 0 Å². The van der Waals surface area contributed by atoms with Crippen molar-refractivity contribution in [2.75, 3.05) is 18.4 Å². The molecule has 144 valence electrons. The van der Waals surface area contributed by atoms with Crippen LogP contribution in [0.2, 0.25) is 0 Å². The topological polar surface area (TPSA) is 66.5 Å². The van der Waals surface area contributed by atoms with Gasteiger partial charge in [0.05, 0.1) is 10.5 Å². The molecule has 2 aromatic rings. The lowest BCUT2D eigenvalue weighted by molar-refractivity contribution is 0.102. The van der Waals surface area contributed by atoms with Gasteiger partial charge in [0.15, 0.2) is 0 Å². The summed E-state index contributed by atoms with van der Waals surface area (Å²) in [4.78, 5) is 12.3. The quantitative estimate of drug-likeness (QED) is 0.860. The molecule has 8 heteroatoms. The second-order valence-corrected chi connectivity index (χ2v) is 8.46. The highest BCUT2D eigenvalue weighted by atomic mass is 32.2. The number of nitrogens with one attached hydrogen (secondary N) is 1. The first-order valence-corrected chi connectivity index (χ1v) is 10.1. The molecule has 0 bridgehead atoms. The van der Waals surface area contributed by atoms with Crippen LogP contribution in [0.4, 0.5) is 14.5 Å². The van der Waals surface area contributed by atoms with Gasteiger partial charge in [-0.25, -0.2) is 17.2 Å². The van der Waals surface area contributed by atoms with Gasteiger partial charge in [0.2, 0.25) is 10.0 Å². The van der Waals surface area contributed by atoms with E-state index in [1.54, 1.807) is 6.92 Å². The number of sulfonamides is 1. The largest absolute Gasteiger partial charge is 0.322 e. The molecule has 1 amide bonds. The van der Waals surface area contributed by atoms with Crippen molar-refractivity contribution in [3.05, 3.63) is 59.2 Å². The summed E-state index contributed by atoms with van der Waals surface area (Å²) in [7, 11) is -3.79. The number of carbonyl (C=O) groups is 1. The van der Waals surface area contributed by atoms with Crippen molar-refractivity contribution in [3.63, 3.8) is 0 Å². The van der Waals surface area contributed by atoms with Gasteiger partial charge in [-0.1, -0.05) is 12.5 Å². The Labute approximate surface area is 157 Å². The molecular formula is C19H20F2N2O3S. The summed E-state index contributed by atoms with van der Waals surface area (Å²) >= 11 is 0. The number of benzene rings is 2. The molecule has 0 spiro atoms. The second kappa shape index (κ2) is 7.74. The molecule has 0 saturated carbocycles. The minimum atomic E-state index is -3.79. The molecule has 1 heterocycles. The van der Waals surface area contributed by atoms with Crippen LogP contribution in [0.5, 0.6) is 0 Å². The van der Waals surface area contributed by atoms with Crippen LogP contribution in [0.25, 0.3) is 0 Å². The Morgan fingerprint density at radius 2 is 1.70 bits per heavy atom. The Bertz CT molecular complexity index is 971. The molecule has 0 aromatic heterocycles. The van der Waals surface area contributed by atoms with E-state index in [0.29, 0.717) is 18.7 Å². The molecule has 1 saturated heterocycles. The van der Waals surface area contributed by atoms with E-state index in [4.69, 9.17) is 0 Å². The van der Waals surface area contributed by atoms with E-state index in [1.165, 1.54) is 16.4 Å². The zero-order chi connectivity index (χ0) is 19.6. The predicted molar refractivity (Wildman–Crippen MR) is 98.1 cm³/mol. The summed E-state index contributed by atoms with van der Waals surface area (Å²) in [5.74, 6) is -2.20. The van der Waals surface area contributed by atoms with E-state index < -0.39 is 33.1 Å². The number of aryl methyl sites for hydroxylation is 1. The fourth-order valence-electron chi connectivity index (χ4n) is 2.96. The van der Waals surface area contributed by atoms with Crippen LogP contribution in [-0.4, -0.2) is 31.7 Å². The summed E-state index contributed by atoms with van der Waals surface area (Å²) in [5, 5.41) is 2.40. The van der Waals surface area contributed by atoms with Gasteiger partial charge in [0, 0.05) is 18.8 Å². The number of anilines is 1. The van der Waals surface area contributed by atoms with E-state index >= 15 is 0 Å². The Balaban J connectivity index is 1.88. The van der Waals surface area contributed by atoms with Crippen molar-refractivity contribution in [1.29, 1.82) is 0 Å². The zero-order valence-electron chi connectivity index (χ0n) is 14.8. The molecule has 1 aliphatic rings. The van der Waals surface area contributed by atoms with Crippen LogP contribution in [0.3, 0.4) is 0 Å². The summed E-state index contributed by atoms with van der Waals surface area (Å²) in [6, 6.07) is 7.24. The van der Waals surface area contributed by atoms with E-state index in [-0.39, 0.29) is 10.6 Å². The van der Waals surface area contributed by atoms with Crippen molar-refractivity contribution >= 4 is 21.6 Å². The summed E-state index contributed by atoms with van der Waals surface area (Å²) < 4.78 is 54.6. The molecule has 1 fully saturated rings. The highest BCUT2D eigenvalue weighted by molar-refractivity contribution is 7.89. The number of carbonyl (C=O) groups excluding carboxylic acids is 1. The number of hydrogen-bond acceptors (Lipinski definition) is 3. The Kier molecular flexibility index (Phi) is 5.57. The SMILES string of the molecule is Cc1ccc(NC(=O)c2cc(S(=O)(=O)N3CCCCC3)ccc2F)cc1F. The van der Waals surface area contributed by atoms with Crippen LogP contribution in [0.15, 0.2) is 41.3 Å². The van der Waals surface area contributed by atoms with Crippen LogP contribution in [-0.2, 0) is 10.0 Å². The molecule has 1 aliphatic heterocycles. The lowest BCUT2D eigenvalue weighted by Gasteiger charge is -2.26. The van der Waals surface area contributed by atoms with E-state index in [1.807, 2.05) is 0 Å². The third kappa shape index (κ3) is 4.17. The van der Waals surface area contributed by atoms with Gasteiger partial charge in [0.25, 0.3) is 5.91 Å². The average Bonchev–Trinajstić information content (AvgIpc) is 2.65. The van der Waals surface area contributed by atoms with Crippen LogP contribution >= 0.6 is 0 Å². The number of rotatable bonds is 4. The molecule has 0 aliphatic carbocycles. The molecule has 0 unspecified atom stereocenters. The highest BCUT2D eigenvalue weighted by Crippen LogP contribution is 2.23.